The van der Waals surface area contributed by atoms with Crippen molar-refractivity contribution in [3.8, 4) is 5.75 Å². The molecule has 1 atom stereocenters. The first kappa shape index (κ1) is 35.3. The molecule has 1 fully saturated rings. The fourth-order valence-corrected chi connectivity index (χ4v) is 5.48. The molecule has 0 aliphatic carbocycles. The van der Waals surface area contributed by atoms with Gasteiger partial charge in [0.2, 0.25) is 5.79 Å². The fourth-order valence-electron chi connectivity index (χ4n) is 5.48. The van der Waals surface area contributed by atoms with Crippen molar-refractivity contribution in [3.05, 3.63) is 59.2 Å². The van der Waals surface area contributed by atoms with Crippen LogP contribution in [-0.4, -0.2) is 79.7 Å². The van der Waals surface area contributed by atoms with Crippen LogP contribution in [0.3, 0.4) is 0 Å². The largest absolute Gasteiger partial charge is 0.465 e. The van der Waals surface area contributed by atoms with Gasteiger partial charge >= 0.3 is 12.0 Å². The minimum absolute atomic E-state index is 0.0866. The number of aliphatic hydroxyl groups excluding tert-OH is 1. The number of aliphatic hydroxyl groups is 1. The maximum Gasteiger partial charge on any atom is 0.332 e. The number of anilines is 1. The minimum Gasteiger partial charge on any atom is -0.465 e. The maximum absolute atomic E-state index is 12.8. The first-order chi connectivity index (χ1) is 22.2. The Morgan fingerprint density at radius 2 is 1.83 bits per heavy atom. The molecule has 2 aliphatic rings. The van der Waals surface area contributed by atoms with Crippen LogP contribution in [0, 0.1) is 0 Å². The summed E-state index contributed by atoms with van der Waals surface area (Å²) in [5.74, 6) is -0.821. The number of imide groups is 1. The van der Waals surface area contributed by atoms with E-state index in [0.717, 1.165) is 85.4 Å². The van der Waals surface area contributed by atoms with Crippen LogP contribution in [0.5, 0.6) is 5.75 Å². The highest BCUT2D eigenvalue weighted by Gasteiger charge is 2.38. The number of hydrogen-bond acceptors (Lipinski definition) is 9. The molecule has 11 nitrogen and oxygen atoms in total. The predicted octanol–water partition coefficient (Wildman–Crippen LogP) is 4.89. The number of rotatable bonds is 19. The van der Waals surface area contributed by atoms with E-state index in [1.54, 1.807) is 13.0 Å². The zero-order valence-corrected chi connectivity index (χ0v) is 27.4. The van der Waals surface area contributed by atoms with Crippen LogP contribution >= 0.6 is 0 Å². The molecule has 11 heteroatoms. The number of amides is 3. The smallest absolute Gasteiger partial charge is 0.332 e. The highest BCUT2D eigenvalue weighted by Crippen LogP contribution is 2.33. The third-order valence-corrected chi connectivity index (χ3v) is 8.01. The zero-order valence-electron chi connectivity index (χ0n) is 27.4. The summed E-state index contributed by atoms with van der Waals surface area (Å²) >= 11 is 0. The summed E-state index contributed by atoms with van der Waals surface area (Å²) in [6, 6.07) is 12.9. The lowest BCUT2D eigenvalue weighted by Crippen LogP contribution is -2.37. The van der Waals surface area contributed by atoms with E-state index in [1.165, 1.54) is 4.90 Å². The van der Waals surface area contributed by atoms with Gasteiger partial charge in [-0.25, -0.2) is 4.79 Å². The number of unbranched alkanes of at least 4 members (excludes halogenated alkanes) is 4. The van der Waals surface area contributed by atoms with Gasteiger partial charge in [-0.2, -0.15) is 0 Å². The molecule has 4 rings (SSSR count). The molecule has 2 aromatic carbocycles. The van der Waals surface area contributed by atoms with Gasteiger partial charge < -0.3 is 29.4 Å². The molecule has 252 valence electrons. The molecule has 2 aliphatic heterocycles. The number of benzene rings is 2. The third-order valence-electron chi connectivity index (χ3n) is 8.01. The molecule has 0 saturated carbocycles. The van der Waals surface area contributed by atoms with Crippen molar-refractivity contribution in [1.29, 1.82) is 0 Å². The van der Waals surface area contributed by atoms with E-state index < -0.39 is 29.8 Å². The van der Waals surface area contributed by atoms with Crippen molar-refractivity contribution in [3.63, 3.8) is 0 Å². The van der Waals surface area contributed by atoms with Gasteiger partial charge in [0.1, 0.15) is 18.8 Å². The summed E-state index contributed by atoms with van der Waals surface area (Å²) in [6.45, 7) is 8.50. The minimum atomic E-state index is -0.625. The summed E-state index contributed by atoms with van der Waals surface area (Å²) in [7, 11) is 0. The van der Waals surface area contributed by atoms with Crippen molar-refractivity contribution in [2.75, 3.05) is 50.9 Å². The number of ether oxygens (including phenoxy) is 4. The number of carbonyl (C=O) groups is 3. The standard InChI is InChI=1S/C35H49N3O8/c1-4-44-33(41)24-38-32(40)23-37(34(38)42)29-14-11-13-26(20-29)12-7-10-19-43-18-9-6-5-8-17-36-22-30(39)27-15-16-31-28(21-27)25-45-35(2,3)46-31/h11,13-16,20-21,30,36,39H,4-10,12,17-19,22-25H2,1-3H3/t30-/m0/s1. The molecule has 0 spiro atoms. The number of nitrogens with one attached hydrogen (secondary N) is 1. The van der Waals surface area contributed by atoms with E-state index in [0.29, 0.717) is 25.4 Å². The second-order valence-electron chi connectivity index (χ2n) is 12.2. The summed E-state index contributed by atoms with van der Waals surface area (Å²) < 4.78 is 22.2. The number of fused-ring (bicyclic) bond motifs is 1. The summed E-state index contributed by atoms with van der Waals surface area (Å²) in [4.78, 5) is 39.2. The van der Waals surface area contributed by atoms with Gasteiger partial charge in [-0.3, -0.25) is 19.4 Å². The highest BCUT2D eigenvalue weighted by molar-refractivity contribution is 6.13. The van der Waals surface area contributed by atoms with Crippen molar-refractivity contribution in [2.24, 2.45) is 0 Å². The first-order valence-corrected chi connectivity index (χ1v) is 16.5. The zero-order chi connectivity index (χ0) is 32.9. The molecule has 2 N–H and O–H groups in total. The lowest BCUT2D eigenvalue weighted by atomic mass is 10.0. The Bertz CT molecular complexity index is 1320. The van der Waals surface area contributed by atoms with Crippen LogP contribution in [0.15, 0.2) is 42.5 Å². The predicted molar refractivity (Wildman–Crippen MR) is 174 cm³/mol. The van der Waals surface area contributed by atoms with E-state index in [9.17, 15) is 19.5 Å². The molecule has 0 unspecified atom stereocenters. The number of aryl methyl sites for hydroxylation is 1. The van der Waals surface area contributed by atoms with Crippen LogP contribution in [0.2, 0.25) is 0 Å². The molecule has 2 aromatic rings. The fraction of sp³-hybridized carbons (Fsp3) is 0.571. The Morgan fingerprint density at radius 3 is 2.63 bits per heavy atom. The van der Waals surface area contributed by atoms with Crippen LogP contribution in [-0.2, 0) is 36.8 Å². The van der Waals surface area contributed by atoms with Gasteiger partial charge in [-0.15, -0.1) is 0 Å². The Hall–Kier alpha value is -3.51. The normalized spacial score (nSPS) is 16.3. The second-order valence-corrected chi connectivity index (χ2v) is 12.2. The lowest BCUT2D eigenvalue weighted by Gasteiger charge is -2.33. The van der Waals surface area contributed by atoms with Crippen molar-refractivity contribution in [1.82, 2.24) is 10.2 Å². The highest BCUT2D eigenvalue weighted by atomic mass is 16.7. The number of hydrogen-bond donors (Lipinski definition) is 2. The van der Waals surface area contributed by atoms with Crippen LogP contribution in [0.25, 0.3) is 0 Å². The molecule has 46 heavy (non-hydrogen) atoms. The molecule has 3 amide bonds. The number of nitrogens with zero attached hydrogens (tertiary/aromatic N) is 2. The van der Waals surface area contributed by atoms with Crippen LogP contribution < -0.4 is 15.0 Å². The van der Waals surface area contributed by atoms with E-state index in [2.05, 4.69) is 5.32 Å². The molecular formula is C35H49N3O8. The SMILES string of the molecule is CCOC(=O)CN1C(=O)CN(c2cccc(CCCCOCCCCCCNC[C@H](O)c3ccc4c(c3)COC(C)(C)O4)c2)C1=O. The Balaban J connectivity index is 1.01. The van der Waals surface area contributed by atoms with E-state index >= 15 is 0 Å². The number of urea groups is 1. The molecular weight excluding hydrogens is 590 g/mol. The summed E-state index contributed by atoms with van der Waals surface area (Å²) in [6.07, 6.45) is 6.44. The van der Waals surface area contributed by atoms with E-state index in [-0.39, 0.29) is 19.7 Å². The quantitative estimate of drug-likeness (QED) is 0.126. The molecule has 0 aromatic heterocycles. The average Bonchev–Trinajstić information content (AvgIpc) is 3.31. The molecule has 0 bridgehead atoms. The van der Waals surface area contributed by atoms with Crippen molar-refractivity contribution < 1.29 is 38.4 Å². The van der Waals surface area contributed by atoms with E-state index in [4.69, 9.17) is 18.9 Å². The Morgan fingerprint density at radius 1 is 1.04 bits per heavy atom. The summed E-state index contributed by atoms with van der Waals surface area (Å²) in [5.41, 5.74) is 3.55. The van der Waals surface area contributed by atoms with Gasteiger partial charge in [0.05, 0.1) is 19.3 Å². The van der Waals surface area contributed by atoms with Crippen LogP contribution in [0.4, 0.5) is 10.5 Å². The molecule has 1 saturated heterocycles. The molecule has 2 heterocycles. The average molecular weight is 640 g/mol. The molecule has 0 radical (unpaired) electrons. The van der Waals surface area contributed by atoms with Gasteiger partial charge in [0.15, 0.2) is 0 Å². The Kier molecular flexibility index (Phi) is 13.4. The monoisotopic (exact) mass is 639 g/mol. The van der Waals surface area contributed by atoms with Gasteiger partial charge in [-0.05, 0) is 81.0 Å². The van der Waals surface area contributed by atoms with Crippen LogP contribution in [0.1, 0.15) is 82.1 Å². The van der Waals surface area contributed by atoms with Gasteiger partial charge in [-0.1, -0.05) is 31.0 Å². The van der Waals surface area contributed by atoms with Crippen molar-refractivity contribution >= 4 is 23.6 Å². The third kappa shape index (κ3) is 10.5. The number of carbonyl (C=O) groups excluding carboxylic acids is 3. The second kappa shape index (κ2) is 17.4. The first-order valence-electron chi connectivity index (χ1n) is 16.5. The van der Waals surface area contributed by atoms with Gasteiger partial charge in [0, 0.05) is 44.9 Å². The van der Waals surface area contributed by atoms with Crippen molar-refractivity contribution in [2.45, 2.75) is 84.2 Å². The Labute approximate surface area is 272 Å². The maximum atomic E-state index is 12.8. The summed E-state index contributed by atoms with van der Waals surface area (Å²) in [5, 5.41) is 13.9. The topological polar surface area (TPSA) is 127 Å². The van der Waals surface area contributed by atoms with E-state index in [1.807, 2.05) is 50.2 Å². The van der Waals surface area contributed by atoms with Gasteiger partial charge in [0.25, 0.3) is 5.91 Å². The number of esters is 1. The lowest BCUT2D eigenvalue weighted by molar-refractivity contribution is -0.180.